The van der Waals surface area contributed by atoms with Crippen molar-refractivity contribution in [2.75, 3.05) is 6.54 Å². The largest absolute Gasteiger partial charge is 1.00 e. The molecular formula is C10H16IN3O. The van der Waals surface area contributed by atoms with Gasteiger partial charge in [0.25, 0.3) is 5.82 Å². The molecule has 0 spiro atoms. The summed E-state index contributed by atoms with van der Waals surface area (Å²) >= 11 is 0. The Kier molecular flexibility index (Phi) is 4.27. The van der Waals surface area contributed by atoms with Crippen LogP contribution < -0.4 is 33.9 Å². The Balaban J connectivity index is 0.00000112. The molecule has 0 aromatic carbocycles. The number of nitrogens with zero attached hydrogens (tertiary/aromatic N) is 2. The number of hydrogen-bond donors (Lipinski definition) is 1. The lowest BCUT2D eigenvalue weighted by atomic mass is 10.2. The van der Waals surface area contributed by atoms with Gasteiger partial charge >= 0.3 is 5.91 Å². The Bertz CT molecular complexity index is 356. The first-order valence-electron chi connectivity index (χ1n) is 5.01. The van der Waals surface area contributed by atoms with Crippen LogP contribution in [0.4, 0.5) is 0 Å². The summed E-state index contributed by atoms with van der Waals surface area (Å²) < 4.78 is 3.68. The van der Waals surface area contributed by atoms with Crippen LogP contribution in [0.2, 0.25) is 0 Å². The van der Waals surface area contributed by atoms with E-state index in [1.165, 1.54) is 0 Å². The predicted molar refractivity (Wildman–Crippen MR) is 52.0 cm³/mol. The summed E-state index contributed by atoms with van der Waals surface area (Å²) in [5.41, 5.74) is 0. The van der Waals surface area contributed by atoms with Gasteiger partial charge in [0.1, 0.15) is 18.4 Å². The van der Waals surface area contributed by atoms with Gasteiger partial charge < -0.3 is 29.3 Å². The third-order valence-corrected chi connectivity index (χ3v) is 2.89. The second kappa shape index (κ2) is 5.07. The van der Waals surface area contributed by atoms with E-state index in [1.54, 1.807) is 4.57 Å². The van der Waals surface area contributed by atoms with Crippen LogP contribution in [-0.2, 0) is 7.05 Å². The molecule has 0 radical (unpaired) electrons. The van der Waals surface area contributed by atoms with Gasteiger partial charge in [0.05, 0.1) is 7.05 Å². The third-order valence-electron chi connectivity index (χ3n) is 2.89. The smallest absolute Gasteiger partial charge is 0.331 e. The Morgan fingerprint density at radius 2 is 2.40 bits per heavy atom. The molecule has 2 rings (SSSR count). The highest BCUT2D eigenvalue weighted by molar-refractivity contribution is 5.84. The molecular weight excluding hydrogens is 305 g/mol. The molecule has 1 fully saturated rings. The Labute approximate surface area is 107 Å². The van der Waals surface area contributed by atoms with Crippen molar-refractivity contribution in [3.05, 3.63) is 18.2 Å². The lowest BCUT2D eigenvalue weighted by Crippen LogP contribution is -3.00. The topological polar surface area (TPSA) is 37.9 Å². The molecule has 5 heteroatoms. The number of halogens is 1. The van der Waals surface area contributed by atoms with Crippen molar-refractivity contribution < 1.29 is 33.3 Å². The molecule has 0 saturated carbocycles. The van der Waals surface area contributed by atoms with Crippen LogP contribution >= 0.6 is 0 Å². The molecule has 0 bridgehead atoms. The zero-order valence-electron chi connectivity index (χ0n) is 9.03. The average molecular weight is 321 g/mol. The number of aromatic nitrogens is 2. The summed E-state index contributed by atoms with van der Waals surface area (Å²) in [5, 5.41) is 3.21. The SMILES string of the molecule is Cc1n(C(=O)C2CCCN2)cc[n+]1C.[I-]. The van der Waals surface area contributed by atoms with Crippen LogP contribution in [-0.4, -0.2) is 23.1 Å². The van der Waals surface area contributed by atoms with Crippen LogP contribution in [0.25, 0.3) is 0 Å². The minimum Gasteiger partial charge on any atom is -1.00 e. The summed E-state index contributed by atoms with van der Waals surface area (Å²) in [4.78, 5) is 12.0. The highest BCUT2D eigenvalue weighted by Gasteiger charge is 2.28. The molecule has 4 nitrogen and oxygen atoms in total. The summed E-state index contributed by atoms with van der Waals surface area (Å²) in [6, 6.07) is 0.0149. The fraction of sp³-hybridized carbons (Fsp3) is 0.600. The normalized spacial score (nSPS) is 20.0. The van der Waals surface area contributed by atoms with E-state index in [9.17, 15) is 4.79 Å². The summed E-state index contributed by atoms with van der Waals surface area (Å²) in [5.74, 6) is 1.14. The maximum atomic E-state index is 12.0. The second-order valence-corrected chi connectivity index (χ2v) is 3.81. The molecule has 1 unspecified atom stereocenters. The molecule has 1 atom stereocenters. The minimum absolute atomic E-state index is 0. The first-order valence-corrected chi connectivity index (χ1v) is 5.01. The highest BCUT2D eigenvalue weighted by atomic mass is 127. The summed E-state index contributed by atoms with van der Waals surface area (Å²) in [7, 11) is 1.95. The number of aryl methyl sites for hydroxylation is 1. The van der Waals surface area contributed by atoms with Crippen molar-refractivity contribution in [1.29, 1.82) is 0 Å². The van der Waals surface area contributed by atoms with Crippen LogP contribution in [0.3, 0.4) is 0 Å². The van der Waals surface area contributed by atoms with Gasteiger partial charge in [-0.1, -0.05) is 0 Å². The molecule has 1 aromatic rings. The van der Waals surface area contributed by atoms with Gasteiger partial charge in [-0.05, 0) is 19.4 Å². The number of carbonyl (C=O) groups excluding carboxylic acids is 1. The van der Waals surface area contributed by atoms with Crippen molar-refractivity contribution in [3.8, 4) is 0 Å². The fourth-order valence-electron chi connectivity index (χ4n) is 1.85. The van der Waals surface area contributed by atoms with E-state index < -0.39 is 0 Å². The standard InChI is InChI=1S/C10H16N3O.HI/c1-8-12(2)6-7-13(8)10(14)9-4-3-5-11-9;/h6-7,9,11H,3-5H2,1-2H3;1H/q+1;/p-1. The van der Waals surface area contributed by atoms with Crippen molar-refractivity contribution in [2.24, 2.45) is 7.05 Å². The minimum atomic E-state index is 0. The number of imidazole rings is 1. The predicted octanol–water partition coefficient (Wildman–Crippen LogP) is -2.98. The Hall–Kier alpha value is -0.430. The molecule has 1 saturated heterocycles. The van der Waals surface area contributed by atoms with Gasteiger partial charge in [0.2, 0.25) is 0 Å². The van der Waals surface area contributed by atoms with Crippen LogP contribution in [0.15, 0.2) is 12.4 Å². The quantitative estimate of drug-likeness (QED) is 0.443. The summed E-state index contributed by atoms with van der Waals surface area (Å²) in [6.45, 7) is 2.91. The molecule has 1 aliphatic heterocycles. The maximum absolute atomic E-state index is 12.0. The van der Waals surface area contributed by atoms with E-state index in [4.69, 9.17) is 0 Å². The van der Waals surface area contributed by atoms with Crippen molar-refractivity contribution >= 4 is 5.91 Å². The molecule has 0 aliphatic carbocycles. The monoisotopic (exact) mass is 321 g/mol. The average Bonchev–Trinajstić information content (AvgIpc) is 2.77. The van der Waals surface area contributed by atoms with Crippen molar-refractivity contribution in [3.63, 3.8) is 0 Å². The van der Waals surface area contributed by atoms with Crippen molar-refractivity contribution in [2.45, 2.75) is 25.8 Å². The molecule has 15 heavy (non-hydrogen) atoms. The maximum Gasteiger partial charge on any atom is 0.331 e. The molecule has 1 aliphatic rings. The first kappa shape index (κ1) is 12.6. The van der Waals surface area contributed by atoms with Gasteiger partial charge in [-0.2, -0.15) is 4.57 Å². The van der Waals surface area contributed by atoms with Crippen molar-refractivity contribution in [1.82, 2.24) is 9.88 Å². The van der Waals surface area contributed by atoms with E-state index in [0.717, 1.165) is 25.2 Å². The second-order valence-electron chi connectivity index (χ2n) is 3.81. The fourth-order valence-corrected chi connectivity index (χ4v) is 1.85. The van der Waals surface area contributed by atoms with E-state index in [2.05, 4.69) is 5.32 Å². The zero-order valence-corrected chi connectivity index (χ0v) is 11.2. The third kappa shape index (κ3) is 2.39. The van der Waals surface area contributed by atoms with E-state index in [1.807, 2.05) is 30.9 Å². The Morgan fingerprint density at radius 1 is 1.67 bits per heavy atom. The highest BCUT2D eigenvalue weighted by Crippen LogP contribution is 2.08. The number of hydrogen-bond acceptors (Lipinski definition) is 2. The van der Waals surface area contributed by atoms with E-state index >= 15 is 0 Å². The number of carbonyl (C=O) groups is 1. The number of nitrogens with one attached hydrogen (secondary N) is 1. The van der Waals surface area contributed by atoms with Gasteiger partial charge in [0, 0.05) is 6.92 Å². The van der Waals surface area contributed by atoms with E-state index in [-0.39, 0.29) is 35.9 Å². The number of rotatable bonds is 1. The summed E-state index contributed by atoms with van der Waals surface area (Å²) in [6.07, 6.45) is 5.79. The van der Waals surface area contributed by atoms with Gasteiger partial charge in [0.15, 0.2) is 0 Å². The lowest BCUT2D eigenvalue weighted by molar-refractivity contribution is -0.676. The van der Waals surface area contributed by atoms with E-state index in [0.29, 0.717) is 0 Å². The van der Waals surface area contributed by atoms with Crippen LogP contribution in [0.5, 0.6) is 0 Å². The van der Waals surface area contributed by atoms with Crippen LogP contribution in [0, 0.1) is 6.92 Å². The van der Waals surface area contributed by atoms with Gasteiger partial charge in [-0.3, -0.25) is 0 Å². The lowest BCUT2D eigenvalue weighted by Gasteiger charge is -2.05. The molecule has 84 valence electrons. The van der Waals surface area contributed by atoms with Gasteiger partial charge in [-0.25, -0.2) is 9.36 Å². The molecule has 1 aromatic heterocycles. The van der Waals surface area contributed by atoms with Crippen LogP contribution in [0.1, 0.15) is 23.5 Å². The molecule has 0 amide bonds. The first-order chi connectivity index (χ1) is 6.70. The molecule has 2 heterocycles. The zero-order chi connectivity index (χ0) is 10.1. The molecule has 1 N–H and O–H groups in total. The Morgan fingerprint density at radius 3 is 2.87 bits per heavy atom. The van der Waals surface area contributed by atoms with Gasteiger partial charge in [-0.15, -0.1) is 0 Å².